The smallest absolute Gasteiger partial charge is 0.387 e. The van der Waals surface area contributed by atoms with Crippen LogP contribution in [0.25, 0.3) is 0 Å². The summed E-state index contributed by atoms with van der Waals surface area (Å²) in [5.74, 6) is -0.199. The van der Waals surface area contributed by atoms with Gasteiger partial charge in [-0.1, -0.05) is 140 Å². The number of aliphatic hydroxyl groups is 1. The van der Waals surface area contributed by atoms with E-state index in [4.69, 9.17) is 9.05 Å². The number of unbranched alkanes of at least 4 members (excludes halogenated alkanes) is 19. The monoisotopic (exact) mass is 728 g/mol. The number of carbonyl (C=O) groups excluding carboxylic acids is 1. The van der Waals surface area contributed by atoms with Crippen LogP contribution in [-0.4, -0.2) is 73.4 Å². The minimum absolute atomic E-state index is 0.0543. The fraction of sp³-hybridized carbons (Fsp3) is 0.829. The number of hydrogen-bond donors (Lipinski definition) is 3. The molecule has 1 unspecified atom stereocenters. The number of nitrogens with zero attached hydrogens (tertiary/aromatic N) is 1. The molecule has 50 heavy (non-hydrogen) atoms. The molecule has 0 aliphatic carbocycles. The number of likely N-dealkylation sites (N-methyl/N-ethyl adjacent to an activating group) is 1. The van der Waals surface area contributed by atoms with Crippen LogP contribution in [0.4, 0.5) is 0 Å². The van der Waals surface area contributed by atoms with Crippen LogP contribution in [0.3, 0.4) is 0 Å². The Morgan fingerprint density at radius 2 is 1.10 bits per heavy atom. The second kappa shape index (κ2) is 33.5. The van der Waals surface area contributed by atoms with Crippen molar-refractivity contribution in [1.29, 1.82) is 0 Å². The van der Waals surface area contributed by atoms with Gasteiger partial charge in [0.2, 0.25) is 5.91 Å². The molecule has 0 aliphatic heterocycles. The minimum atomic E-state index is -4.34. The van der Waals surface area contributed by atoms with Gasteiger partial charge in [0, 0.05) is 6.42 Å². The summed E-state index contributed by atoms with van der Waals surface area (Å²) in [6, 6.07) is -0.864. The molecule has 0 bridgehead atoms. The number of phosphoric ester groups is 1. The summed E-state index contributed by atoms with van der Waals surface area (Å²) in [6.45, 7) is 4.75. The Morgan fingerprint density at radius 1 is 0.660 bits per heavy atom. The molecule has 0 radical (unpaired) electrons. The van der Waals surface area contributed by atoms with E-state index in [1.165, 1.54) is 96.3 Å². The predicted molar refractivity (Wildman–Crippen MR) is 212 cm³/mol. The highest BCUT2D eigenvalue weighted by atomic mass is 31.2. The van der Waals surface area contributed by atoms with Crippen molar-refractivity contribution in [2.24, 2.45) is 0 Å². The Balaban J connectivity index is 4.57. The van der Waals surface area contributed by atoms with E-state index in [-0.39, 0.29) is 19.1 Å². The molecular weight excluding hydrogens is 647 g/mol. The molecule has 294 valence electrons. The Morgan fingerprint density at radius 3 is 1.62 bits per heavy atom. The van der Waals surface area contributed by atoms with Gasteiger partial charge in [0.1, 0.15) is 13.2 Å². The maximum Gasteiger partial charge on any atom is 0.472 e. The van der Waals surface area contributed by atoms with E-state index >= 15 is 0 Å². The van der Waals surface area contributed by atoms with E-state index in [1.807, 2.05) is 27.2 Å². The Hall–Kier alpha value is -1.28. The topological polar surface area (TPSA) is 105 Å². The van der Waals surface area contributed by atoms with Gasteiger partial charge in [-0.15, -0.1) is 0 Å². The summed E-state index contributed by atoms with van der Waals surface area (Å²) in [5.41, 5.74) is 0. The molecule has 1 amide bonds. The highest BCUT2D eigenvalue weighted by Crippen LogP contribution is 2.43. The highest BCUT2D eigenvalue weighted by Gasteiger charge is 2.27. The van der Waals surface area contributed by atoms with Crippen molar-refractivity contribution >= 4 is 13.7 Å². The lowest BCUT2D eigenvalue weighted by atomic mass is 10.1. The average Bonchev–Trinajstić information content (AvgIpc) is 3.06. The van der Waals surface area contributed by atoms with E-state index in [2.05, 4.69) is 43.5 Å². The van der Waals surface area contributed by atoms with Crippen LogP contribution in [0, 0.1) is 0 Å². The Bertz CT molecular complexity index is 917. The van der Waals surface area contributed by atoms with Gasteiger partial charge < -0.3 is 19.8 Å². The molecule has 0 aliphatic rings. The number of aliphatic hydroxyl groups excluding tert-OH is 1. The first-order valence-corrected chi connectivity index (χ1v) is 21.9. The average molecular weight is 728 g/mol. The van der Waals surface area contributed by atoms with E-state index < -0.39 is 20.0 Å². The summed E-state index contributed by atoms with van der Waals surface area (Å²) < 4.78 is 23.5. The fourth-order valence-electron chi connectivity index (χ4n) is 5.52. The van der Waals surface area contributed by atoms with Crippen molar-refractivity contribution in [3.8, 4) is 0 Å². The van der Waals surface area contributed by atoms with Crippen LogP contribution in [0.15, 0.2) is 36.5 Å². The Labute approximate surface area is 308 Å². The zero-order chi connectivity index (χ0) is 37.2. The number of hydrogen-bond acceptors (Lipinski definition) is 5. The van der Waals surface area contributed by atoms with Gasteiger partial charge >= 0.3 is 7.82 Å². The second-order valence-electron chi connectivity index (χ2n) is 15.0. The number of nitrogens with one attached hydrogen (secondary N) is 1. The van der Waals surface area contributed by atoms with Crippen LogP contribution in [0.2, 0.25) is 0 Å². The van der Waals surface area contributed by atoms with Gasteiger partial charge in [-0.2, -0.15) is 0 Å². The van der Waals surface area contributed by atoms with E-state index in [0.29, 0.717) is 17.4 Å². The number of rotatable bonds is 36. The van der Waals surface area contributed by atoms with Crippen LogP contribution >= 0.6 is 7.82 Å². The molecule has 8 nitrogen and oxygen atoms in total. The van der Waals surface area contributed by atoms with Gasteiger partial charge in [-0.05, 0) is 57.8 Å². The van der Waals surface area contributed by atoms with Crippen molar-refractivity contribution in [2.45, 2.75) is 180 Å². The third kappa shape index (κ3) is 35.1. The largest absolute Gasteiger partial charge is 0.472 e. The fourth-order valence-corrected chi connectivity index (χ4v) is 6.26. The molecule has 0 rings (SSSR count). The van der Waals surface area contributed by atoms with Gasteiger partial charge in [-0.25, -0.2) is 4.57 Å². The zero-order valence-electron chi connectivity index (χ0n) is 33.1. The lowest BCUT2D eigenvalue weighted by molar-refractivity contribution is -0.870. The van der Waals surface area contributed by atoms with E-state index in [1.54, 1.807) is 6.08 Å². The van der Waals surface area contributed by atoms with Crippen LogP contribution in [0.1, 0.15) is 168 Å². The van der Waals surface area contributed by atoms with Crippen molar-refractivity contribution in [1.82, 2.24) is 5.32 Å². The lowest BCUT2D eigenvalue weighted by Gasteiger charge is -2.25. The molecule has 0 aromatic heterocycles. The van der Waals surface area contributed by atoms with Gasteiger partial charge in [-0.3, -0.25) is 13.8 Å². The van der Waals surface area contributed by atoms with Crippen molar-refractivity contribution in [2.75, 3.05) is 40.9 Å². The number of allylic oxidation sites excluding steroid dienone is 5. The molecule has 9 heteroatoms. The summed E-state index contributed by atoms with van der Waals surface area (Å²) in [4.78, 5) is 23.0. The summed E-state index contributed by atoms with van der Waals surface area (Å²) in [7, 11) is 1.54. The first-order chi connectivity index (χ1) is 24.0. The zero-order valence-corrected chi connectivity index (χ0v) is 34.0. The van der Waals surface area contributed by atoms with Crippen molar-refractivity contribution in [3.63, 3.8) is 0 Å². The highest BCUT2D eigenvalue weighted by molar-refractivity contribution is 7.47. The molecule has 0 aromatic carbocycles. The third-order valence-electron chi connectivity index (χ3n) is 8.83. The van der Waals surface area contributed by atoms with Gasteiger partial charge in [0.15, 0.2) is 0 Å². The lowest BCUT2D eigenvalue weighted by Crippen LogP contribution is -2.45. The standard InChI is InChI=1S/C41H79N2O6P/c1-6-8-10-12-14-16-18-20-21-23-24-26-28-30-32-34-40(44)39(38-49-50(46,47)48-37-36-43(3,4)5)42-41(45)35-33-31-29-27-25-22-19-17-15-13-11-9-7-2/h17,19,24,26,32,34,39-40,44H,6-16,18,20-23,25,27-31,33,35-38H2,1-5H3,(H-,42,45,46,47)/p+1/b19-17+,26-24+,34-32+/t39-,40+/m0/s1. The van der Waals surface area contributed by atoms with Crippen molar-refractivity contribution < 1.29 is 32.9 Å². The van der Waals surface area contributed by atoms with E-state index in [0.717, 1.165) is 51.4 Å². The maximum atomic E-state index is 12.8. The molecule has 0 fully saturated rings. The first-order valence-electron chi connectivity index (χ1n) is 20.4. The molecule has 0 saturated heterocycles. The molecule has 0 saturated carbocycles. The van der Waals surface area contributed by atoms with Gasteiger partial charge in [0.25, 0.3) is 0 Å². The molecule has 3 atom stereocenters. The van der Waals surface area contributed by atoms with Gasteiger partial charge in [0.05, 0.1) is 39.9 Å². The summed E-state index contributed by atoms with van der Waals surface area (Å²) >= 11 is 0. The van der Waals surface area contributed by atoms with E-state index in [9.17, 15) is 19.4 Å². The SMILES string of the molecule is CCCCCC/C=C/CCCCCCCC(=O)N[C@@H](COP(=O)(O)OCC[N+](C)(C)C)[C@H](O)/C=C/CC/C=C/CCCCCCCCCCC. The molecule has 3 N–H and O–H groups in total. The molecule has 0 aromatic rings. The first kappa shape index (κ1) is 48.7. The normalized spacial score (nSPS) is 14.9. The third-order valence-corrected chi connectivity index (χ3v) is 9.82. The quantitative estimate of drug-likeness (QED) is 0.0257. The second-order valence-corrected chi connectivity index (χ2v) is 16.5. The molecular formula is C41H80N2O6P+. The number of quaternary nitrogens is 1. The molecule has 0 spiro atoms. The van der Waals surface area contributed by atoms with Crippen LogP contribution in [-0.2, 0) is 18.4 Å². The Kier molecular flexibility index (Phi) is 32.7. The molecule has 0 heterocycles. The number of carbonyl (C=O) groups is 1. The van der Waals surface area contributed by atoms with Crippen LogP contribution < -0.4 is 5.32 Å². The summed E-state index contributed by atoms with van der Waals surface area (Å²) in [5, 5.41) is 13.7. The number of amides is 1. The van der Waals surface area contributed by atoms with Crippen molar-refractivity contribution in [3.05, 3.63) is 36.5 Å². The maximum absolute atomic E-state index is 12.8. The number of phosphoric acid groups is 1. The van der Waals surface area contributed by atoms with Crippen LogP contribution in [0.5, 0.6) is 0 Å². The minimum Gasteiger partial charge on any atom is -0.387 e. The predicted octanol–water partition coefficient (Wildman–Crippen LogP) is 10.7. The summed E-state index contributed by atoms with van der Waals surface area (Å²) in [6.07, 6.45) is 39.2.